The minimum absolute atomic E-state index is 0.0204. The lowest BCUT2D eigenvalue weighted by molar-refractivity contribution is -0.384. The highest BCUT2D eigenvalue weighted by atomic mass is 16.6. The quantitative estimate of drug-likeness (QED) is 0.636. The largest absolute Gasteiger partial charge is 0.395 e. The van der Waals surface area contributed by atoms with Gasteiger partial charge in [-0.2, -0.15) is 0 Å². The summed E-state index contributed by atoms with van der Waals surface area (Å²) in [5, 5.41) is 23.2. The molecular formula is C14H19N3O4. The van der Waals surface area contributed by atoms with Gasteiger partial charge in [0, 0.05) is 25.1 Å². The van der Waals surface area contributed by atoms with Crippen LogP contribution in [0.5, 0.6) is 0 Å². The molecule has 1 heterocycles. The summed E-state index contributed by atoms with van der Waals surface area (Å²) in [5.74, 6) is -0.124. The van der Waals surface area contributed by atoms with Crippen molar-refractivity contribution in [2.75, 3.05) is 23.4 Å². The lowest BCUT2D eigenvalue weighted by atomic mass is 10.0. The van der Waals surface area contributed by atoms with Crippen LogP contribution in [0, 0.1) is 10.1 Å². The predicted molar refractivity (Wildman–Crippen MR) is 79.6 cm³/mol. The van der Waals surface area contributed by atoms with Crippen molar-refractivity contribution in [1.82, 2.24) is 0 Å². The molecule has 2 N–H and O–H groups in total. The van der Waals surface area contributed by atoms with Crippen molar-refractivity contribution in [2.24, 2.45) is 0 Å². The molecule has 7 nitrogen and oxygen atoms in total. The van der Waals surface area contributed by atoms with Crippen molar-refractivity contribution >= 4 is 23.0 Å². The molecule has 0 saturated heterocycles. The Labute approximate surface area is 122 Å². The van der Waals surface area contributed by atoms with Gasteiger partial charge in [0.15, 0.2) is 0 Å². The van der Waals surface area contributed by atoms with E-state index >= 15 is 0 Å². The number of nitro benzene ring substituents is 1. The molecule has 0 spiro atoms. The summed E-state index contributed by atoms with van der Waals surface area (Å²) in [5.41, 5.74) is 1.82. The van der Waals surface area contributed by atoms with Crippen molar-refractivity contribution in [3.8, 4) is 0 Å². The zero-order valence-electron chi connectivity index (χ0n) is 12.1. The van der Waals surface area contributed by atoms with Crippen molar-refractivity contribution in [1.29, 1.82) is 0 Å². The standard InChI is InChI=1S/C14H19N3O4/c1-9(2)16(5-6-18)12-7-10-3-4-14(19)15-11(10)8-13(12)17(20)21/h7-9,18H,3-6H2,1-2H3,(H,15,19). The number of hydrogen-bond acceptors (Lipinski definition) is 5. The lowest BCUT2D eigenvalue weighted by Crippen LogP contribution is -2.34. The molecule has 1 aromatic rings. The summed E-state index contributed by atoms with van der Waals surface area (Å²) < 4.78 is 0. The van der Waals surface area contributed by atoms with Gasteiger partial charge in [0.1, 0.15) is 5.69 Å². The zero-order valence-corrected chi connectivity index (χ0v) is 12.1. The molecule has 1 aliphatic heterocycles. The average Bonchev–Trinajstić information content (AvgIpc) is 2.43. The van der Waals surface area contributed by atoms with E-state index in [1.807, 2.05) is 13.8 Å². The topological polar surface area (TPSA) is 95.7 Å². The molecule has 0 bridgehead atoms. The Morgan fingerprint density at radius 2 is 2.14 bits per heavy atom. The maximum absolute atomic E-state index is 11.4. The van der Waals surface area contributed by atoms with Gasteiger partial charge < -0.3 is 15.3 Å². The van der Waals surface area contributed by atoms with E-state index in [2.05, 4.69) is 5.32 Å². The highest BCUT2D eigenvalue weighted by Crippen LogP contribution is 2.37. The minimum Gasteiger partial charge on any atom is -0.395 e. The van der Waals surface area contributed by atoms with Crippen LogP contribution >= 0.6 is 0 Å². The van der Waals surface area contributed by atoms with E-state index in [0.717, 1.165) is 5.56 Å². The second kappa shape index (κ2) is 6.09. The van der Waals surface area contributed by atoms with Gasteiger partial charge in [-0.15, -0.1) is 0 Å². The van der Waals surface area contributed by atoms with Gasteiger partial charge in [0.05, 0.1) is 17.2 Å². The van der Waals surface area contributed by atoms with Gasteiger partial charge in [0.25, 0.3) is 5.69 Å². The van der Waals surface area contributed by atoms with Crippen LogP contribution in [0.1, 0.15) is 25.8 Å². The molecule has 1 aliphatic rings. The maximum Gasteiger partial charge on any atom is 0.294 e. The number of carbonyl (C=O) groups excluding carboxylic acids is 1. The van der Waals surface area contributed by atoms with E-state index < -0.39 is 4.92 Å². The number of hydrogen-bond donors (Lipinski definition) is 2. The summed E-state index contributed by atoms with van der Waals surface area (Å²) in [4.78, 5) is 24.1. The molecule has 0 radical (unpaired) electrons. The van der Waals surface area contributed by atoms with Gasteiger partial charge in [-0.3, -0.25) is 14.9 Å². The van der Waals surface area contributed by atoms with Crippen LogP contribution < -0.4 is 10.2 Å². The van der Waals surface area contributed by atoms with Crippen LogP contribution in [-0.4, -0.2) is 35.1 Å². The maximum atomic E-state index is 11.4. The Kier molecular flexibility index (Phi) is 4.42. The summed E-state index contributed by atoms with van der Waals surface area (Å²) >= 11 is 0. The molecule has 2 rings (SSSR count). The number of anilines is 2. The van der Waals surface area contributed by atoms with Gasteiger partial charge >= 0.3 is 0 Å². The Morgan fingerprint density at radius 1 is 1.43 bits per heavy atom. The molecule has 1 aromatic carbocycles. The third kappa shape index (κ3) is 3.13. The number of nitro groups is 1. The number of rotatable bonds is 5. The van der Waals surface area contributed by atoms with Crippen LogP contribution in [0.2, 0.25) is 0 Å². The van der Waals surface area contributed by atoms with Gasteiger partial charge in [-0.1, -0.05) is 0 Å². The van der Waals surface area contributed by atoms with Crippen LogP contribution in [0.3, 0.4) is 0 Å². The fraction of sp³-hybridized carbons (Fsp3) is 0.500. The van der Waals surface area contributed by atoms with Crippen molar-refractivity contribution in [3.05, 3.63) is 27.8 Å². The first-order valence-electron chi connectivity index (χ1n) is 6.92. The van der Waals surface area contributed by atoms with E-state index in [-0.39, 0.29) is 24.2 Å². The molecule has 21 heavy (non-hydrogen) atoms. The van der Waals surface area contributed by atoms with Gasteiger partial charge in [-0.25, -0.2) is 0 Å². The van der Waals surface area contributed by atoms with Crippen molar-refractivity contribution in [3.63, 3.8) is 0 Å². The smallest absolute Gasteiger partial charge is 0.294 e. The normalized spacial score (nSPS) is 13.8. The fourth-order valence-electron chi connectivity index (χ4n) is 2.55. The number of carbonyl (C=O) groups is 1. The van der Waals surface area contributed by atoms with Crippen molar-refractivity contribution in [2.45, 2.75) is 32.7 Å². The Balaban J connectivity index is 2.53. The summed E-state index contributed by atoms with van der Waals surface area (Å²) in [7, 11) is 0. The predicted octanol–water partition coefficient (Wildman–Crippen LogP) is 1.69. The van der Waals surface area contributed by atoms with Crippen LogP contribution in [0.25, 0.3) is 0 Å². The van der Waals surface area contributed by atoms with E-state index in [0.29, 0.717) is 30.8 Å². The first-order chi connectivity index (χ1) is 9.93. The van der Waals surface area contributed by atoms with E-state index in [1.54, 1.807) is 11.0 Å². The Bertz CT molecular complexity index is 572. The third-order valence-corrected chi connectivity index (χ3v) is 3.57. The van der Waals surface area contributed by atoms with Crippen LogP contribution in [-0.2, 0) is 11.2 Å². The van der Waals surface area contributed by atoms with E-state index in [1.165, 1.54) is 6.07 Å². The summed E-state index contributed by atoms with van der Waals surface area (Å²) in [6.45, 7) is 4.08. The molecule has 0 atom stereocenters. The number of aliphatic hydroxyl groups is 1. The molecule has 0 aliphatic carbocycles. The molecule has 0 saturated carbocycles. The number of fused-ring (bicyclic) bond motifs is 1. The average molecular weight is 293 g/mol. The highest BCUT2D eigenvalue weighted by molar-refractivity contribution is 5.95. The second-order valence-corrected chi connectivity index (χ2v) is 5.31. The molecule has 0 fully saturated rings. The number of nitrogens with one attached hydrogen (secondary N) is 1. The fourth-order valence-corrected chi connectivity index (χ4v) is 2.55. The first kappa shape index (κ1) is 15.2. The lowest BCUT2D eigenvalue weighted by Gasteiger charge is -2.29. The SMILES string of the molecule is CC(C)N(CCO)c1cc2c(cc1[N+](=O)[O-])NC(=O)CC2. The number of amides is 1. The minimum atomic E-state index is -0.455. The Hall–Kier alpha value is -2.15. The summed E-state index contributed by atoms with van der Waals surface area (Å²) in [6, 6.07) is 3.18. The second-order valence-electron chi connectivity index (χ2n) is 5.31. The monoisotopic (exact) mass is 293 g/mol. The molecular weight excluding hydrogens is 274 g/mol. The highest BCUT2D eigenvalue weighted by Gasteiger charge is 2.26. The molecule has 0 aromatic heterocycles. The van der Waals surface area contributed by atoms with Gasteiger partial charge in [-0.05, 0) is 31.9 Å². The first-order valence-corrected chi connectivity index (χ1v) is 6.92. The van der Waals surface area contributed by atoms with E-state index in [4.69, 9.17) is 0 Å². The number of aliphatic hydroxyl groups excluding tert-OH is 1. The van der Waals surface area contributed by atoms with Crippen molar-refractivity contribution < 1.29 is 14.8 Å². The number of aryl methyl sites for hydroxylation is 1. The molecule has 1 amide bonds. The number of nitrogens with zero attached hydrogens (tertiary/aromatic N) is 2. The third-order valence-electron chi connectivity index (χ3n) is 3.57. The molecule has 114 valence electrons. The molecule has 7 heteroatoms. The van der Waals surface area contributed by atoms with Crippen LogP contribution in [0.15, 0.2) is 12.1 Å². The molecule has 0 unspecified atom stereocenters. The van der Waals surface area contributed by atoms with Gasteiger partial charge in [0.2, 0.25) is 5.91 Å². The summed E-state index contributed by atoms with van der Waals surface area (Å²) in [6.07, 6.45) is 0.948. The number of benzene rings is 1. The van der Waals surface area contributed by atoms with E-state index in [9.17, 15) is 20.0 Å². The van der Waals surface area contributed by atoms with Crippen LogP contribution in [0.4, 0.5) is 17.1 Å². The zero-order chi connectivity index (χ0) is 15.6. The Morgan fingerprint density at radius 3 is 2.71 bits per heavy atom.